The van der Waals surface area contributed by atoms with E-state index in [4.69, 9.17) is 0 Å². The zero-order valence-corrected chi connectivity index (χ0v) is 13.5. The highest BCUT2D eigenvalue weighted by Gasteiger charge is 2.16. The Morgan fingerprint density at radius 3 is 2.25 bits per heavy atom. The monoisotopic (exact) mass is 426 g/mol. The fourth-order valence-electron chi connectivity index (χ4n) is 1.34. The van der Waals surface area contributed by atoms with Crippen LogP contribution in [0.4, 0.5) is 4.39 Å². The van der Waals surface area contributed by atoms with Crippen molar-refractivity contribution in [3.8, 4) is 0 Å². The number of hydrogen-bond acceptors (Lipinski definition) is 1. The van der Waals surface area contributed by atoms with E-state index >= 15 is 0 Å². The molecule has 16 heavy (non-hydrogen) atoms. The van der Waals surface area contributed by atoms with E-state index in [0.29, 0.717) is 0 Å². The highest BCUT2D eigenvalue weighted by molar-refractivity contribution is 9.12. The van der Waals surface area contributed by atoms with Crippen LogP contribution in [-0.2, 0) is 0 Å². The molecule has 0 aliphatic carbocycles. The smallest absolute Gasteiger partial charge is 0.123 e. The molecule has 2 aromatic rings. The van der Waals surface area contributed by atoms with Crippen molar-refractivity contribution in [2.24, 2.45) is 0 Å². The van der Waals surface area contributed by atoms with Crippen LogP contribution < -0.4 is 0 Å². The molecule has 0 spiro atoms. The van der Waals surface area contributed by atoms with Crippen LogP contribution in [0.3, 0.4) is 0 Å². The Morgan fingerprint density at radius 2 is 1.75 bits per heavy atom. The predicted octanol–water partition coefficient (Wildman–Crippen LogP) is 5.90. The second-order valence-corrected chi connectivity index (χ2v) is 7.86. The Hall–Kier alpha value is 0.290. The Kier molecular flexibility index (Phi) is 4.21. The van der Waals surface area contributed by atoms with Gasteiger partial charge in [-0.05, 0) is 61.2 Å². The summed E-state index contributed by atoms with van der Waals surface area (Å²) in [5, 5.41) is 0. The summed E-state index contributed by atoms with van der Waals surface area (Å²) in [5.41, 5.74) is 2.18. The van der Waals surface area contributed by atoms with Crippen LogP contribution in [0.25, 0.3) is 0 Å². The molecule has 2 rings (SSSR count). The zero-order valence-electron chi connectivity index (χ0n) is 7.88. The van der Waals surface area contributed by atoms with Crippen LogP contribution in [0, 0.1) is 5.82 Å². The number of hydrogen-bond donors (Lipinski definition) is 0. The van der Waals surface area contributed by atoms with Gasteiger partial charge < -0.3 is 0 Å². The number of benzene rings is 1. The average Bonchev–Trinajstić information content (AvgIpc) is 2.58. The molecule has 0 saturated carbocycles. The molecule has 84 valence electrons. The van der Waals surface area contributed by atoms with Gasteiger partial charge in [-0.3, -0.25) is 0 Å². The van der Waals surface area contributed by atoms with E-state index in [1.807, 2.05) is 0 Å². The summed E-state index contributed by atoms with van der Waals surface area (Å²) >= 11 is 12.2. The van der Waals surface area contributed by atoms with E-state index in [9.17, 15) is 4.39 Å². The molecule has 0 saturated heterocycles. The molecular formula is C11H6Br3FS. The van der Waals surface area contributed by atoms with Gasteiger partial charge in [-0.1, -0.05) is 28.1 Å². The highest BCUT2D eigenvalue weighted by atomic mass is 79.9. The van der Waals surface area contributed by atoms with Gasteiger partial charge in [0.1, 0.15) is 5.82 Å². The normalized spacial score (nSPS) is 12.8. The van der Waals surface area contributed by atoms with Gasteiger partial charge >= 0.3 is 0 Å². The van der Waals surface area contributed by atoms with Crippen molar-refractivity contribution in [3.63, 3.8) is 0 Å². The molecule has 0 bridgehead atoms. The summed E-state index contributed by atoms with van der Waals surface area (Å²) in [6.45, 7) is 0. The van der Waals surface area contributed by atoms with Gasteiger partial charge in [0.15, 0.2) is 0 Å². The van der Waals surface area contributed by atoms with Gasteiger partial charge in [-0.15, -0.1) is 11.3 Å². The molecule has 0 N–H and O–H groups in total. The summed E-state index contributed by atoms with van der Waals surface area (Å²) in [7, 11) is 0. The number of thiophene rings is 1. The van der Waals surface area contributed by atoms with Crippen molar-refractivity contribution in [3.05, 3.63) is 54.8 Å². The molecule has 1 heterocycles. The van der Waals surface area contributed by atoms with Crippen LogP contribution in [0.15, 0.2) is 37.9 Å². The highest BCUT2D eigenvalue weighted by Crippen LogP contribution is 2.41. The van der Waals surface area contributed by atoms with Crippen LogP contribution >= 0.6 is 59.1 Å². The minimum absolute atomic E-state index is 0.0741. The topological polar surface area (TPSA) is 0 Å². The van der Waals surface area contributed by atoms with Crippen LogP contribution in [0.2, 0.25) is 0 Å². The fourth-order valence-corrected chi connectivity index (χ4v) is 5.36. The number of halogens is 4. The van der Waals surface area contributed by atoms with E-state index in [-0.39, 0.29) is 10.6 Å². The zero-order chi connectivity index (χ0) is 11.7. The van der Waals surface area contributed by atoms with Gasteiger partial charge in [0.05, 0.1) is 12.4 Å². The van der Waals surface area contributed by atoms with E-state index in [0.717, 1.165) is 18.7 Å². The third-order valence-electron chi connectivity index (χ3n) is 2.12. The second-order valence-electron chi connectivity index (χ2n) is 3.19. The summed E-state index contributed by atoms with van der Waals surface area (Å²) in [6.07, 6.45) is 0. The Morgan fingerprint density at radius 1 is 1.12 bits per heavy atom. The second kappa shape index (κ2) is 5.29. The van der Waals surface area contributed by atoms with E-state index < -0.39 is 0 Å². The maximum atomic E-state index is 12.8. The Bertz CT molecular complexity index is 492. The molecule has 0 fully saturated rings. The molecule has 5 heteroatoms. The lowest BCUT2D eigenvalue weighted by molar-refractivity contribution is 0.627. The lowest BCUT2D eigenvalue weighted by atomic mass is 10.1. The number of alkyl halides is 1. The van der Waals surface area contributed by atoms with Crippen molar-refractivity contribution < 1.29 is 4.39 Å². The minimum atomic E-state index is -0.214. The molecule has 1 aromatic carbocycles. The molecule has 0 nitrogen and oxygen atoms in total. The maximum absolute atomic E-state index is 12.8. The Balaban J connectivity index is 2.35. The lowest BCUT2D eigenvalue weighted by Crippen LogP contribution is -1.91. The summed E-state index contributed by atoms with van der Waals surface area (Å²) in [4.78, 5) is 0.0741. The van der Waals surface area contributed by atoms with Crippen molar-refractivity contribution in [1.82, 2.24) is 0 Å². The quantitative estimate of drug-likeness (QED) is 0.522. The number of rotatable bonds is 2. The van der Waals surface area contributed by atoms with E-state index in [2.05, 4.69) is 53.9 Å². The third kappa shape index (κ3) is 2.75. The van der Waals surface area contributed by atoms with Crippen molar-refractivity contribution in [2.75, 3.05) is 0 Å². The molecule has 0 aliphatic rings. The molecule has 1 atom stereocenters. The van der Waals surface area contributed by atoms with Gasteiger partial charge in [-0.25, -0.2) is 4.39 Å². The van der Waals surface area contributed by atoms with Crippen molar-refractivity contribution >= 4 is 59.1 Å². The summed E-state index contributed by atoms with van der Waals surface area (Å²) < 4.78 is 15.0. The van der Waals surface area contributed by atoms with Crippen molar-refractivity contribution in [1.29, 1.82) is 0 Å². The van der Waals surface area contributed by atoms with Gasteiger partial charge in [0.2, 0.25) is 0 Å². The van der Waals surface area contributed by atoms with Crippen LogP contribution in [0.5, 0.6) is 0 Å². The molecular weight excluding hydrogens is 423 g/mol. The van der Waals surface area contributed by atoms with Gasteiger partial charge in [0, 0.05) is 0 Å². The SMILES string of the molecule is Fc1ccc(C(Br)c2cc(Br)sc2Br)cc1. The van der Waals surface area contributed by atoms with E-state index in [1.54, 1.807) is 23.5 Å². The minimum Gasteiger partial charge on any atom is -0.207 e. The maximum Gasteiger partial charge on any atom is 0.123 e. The molecule has 1 aromatic heterocycles. The predicted molar refractivity (Wildman–Crippen MR) is 76.9 cm³/mol. The van der Waals surface area contributed by atoms with Gasteiger partial charge in [0.25, 0.3) is 0 Å². The summed E-state index contributed by atoms with van der Waals surface area (Å²) in [6, 6.07) is 8.56. The van der Waals surface area contributed by atoms with E-state index in [1.165, 1.54) is 12.1 Å². The first kappa shape index (κ1) is 12.7. The molecule has 0 radical (unpaired) electrons. The van der Waals surface area contributed by atoms with Crippen molar-refractivity contribution in [2.45, 2.75) is 4.83 Å². The fraction of sp³-hybridized carbons (Fsp3) is 0.0909. The lowest BCUT2D eigenvalue weighted by Gasteiger charge is -2.09. The molecule has 0 aliphatic heterocycles. The summed E-state index contributed by atoms with van der Waals surface area (Å²) in [5.74, 6) is -0.214. The first-order valence-electron chi connectivity index (χ1n) is 4.42. The molecule has 1 unspecified atom stereocenters. The average molecular weight is 429 g/mol. The van der Waals surface area contributed by atoms with Gasteiger partial charge in [-0.2, -0.15) is 0 Å². The first-order valence-corrected chi connectivity index (χ1v) is 7.74. The standard InChI is InChI=1S/C11H6Br3FS/c12-9-5-8(11(14)16-9)10(13)6-1-3-7(15)4-2-6/h1-5,10H. The van der Waals surface area contributed by atoms with Crippen LogP contribution in [0.1, 0.15) is 16.0 Å². The Labute approximate surface area is 122 Å². The van der Waals surface area contributed by atoms with Crippen LogP contribution in [-0.4, -0.2) is 0 Å². The molecule has 0 amide bonds. The first-order chi connectivity index (χ1) is 7.58. The third-order valence-corrected chi connectivity index (χ3v) is 5.53. The largest absolute Gasteiger partial charge is 0.207 e.